The number of nitrogens with zero attached hydrogens (tertiary/aromatic N) is 3. The van der Waals surface area contributed by atoms with Gasteiger partial charge in [-0.1, -0.05) is 38.1 Å². The normalized spacial score (nSPS) is 11.0. The van der Waals surface area contributed by atoms with E-state index in [1.54, 1.807) is 4.90 Å². The summed E-state index contributed by atoms with van der Waals surface area (Å²) in [6.45, 7) is 7.30. The summed E-state index contributed by atoms with van der Waals surface area (Å²) in [5, 5.41) is 4.25. The number of hydrogen-bond donors (Lipinski definition) is 0. The number of ether oxygens (including phenoxy) is 1. The van der Waals surface area contributed by atoms with Gasteiger partial charge in [0.1, 0.15) is 12.4 Å². The molecule has 29 heavy (non-hydrogen) atoms. The fraction of sp³-hybridized carbons (Fsp3) is 0.333. The first-order valence-electron chi connectivity index (χ1n) is 9.89. The van der Waals surface area contributed by atoms with E-state index >= 15 is 0 Å². The SMILES string of the molecule is Cc1c(CN(C)C(=O)c2cccc(COc3ccc(C(C)C)cc3)c2)cnn1C. The van der Waals surface area contributed by atoms with E-state index in [1.807, 2.05) is 68.3 Å². The number of benzene rings is 2. The zero-order valence-corrected chi connectivity index (χ0v) is 17.8. The van der Waals surface area contributed by atoms with Crippen LogP contribution in [0.5, 0.6) is 5.75 Å². The van der Waals surface area contributed by atoms with Crippen LogP contribution in [0.25, 0.3) is 0 Å². The molecule has 0 saturated carbocycles. The van der Waals surface area contributed by atoms with E-state index in [2.05, 4.69) is 31.1 Å². The maximum absolute atomic E-state index is 12.9. The van der Waals surface area contributed by atoms with Crippen molar-refractivity contribution in [2.75, 3.05) is 7.05 Å². The highest BCUT2D eigenvalue weighted by Gasteiger charge is 2.15. The Hall–Kier alpha value is -3.08. The van der Waals surface area contributed by atoms with Gasteiger partial charge in [0.2, 0.25) is 0 Å². The van der Waals surface area contributed by atoms with Gasteiger partial charge in [-0.15, -0.1) is 0 Å². The van der Waals surface area contributed by atoms with Gasteiger partial charge in [0.05, 0.1) is 6.20 Å². The highest BCUT2D eigenvalue weighted by Crippen LogP contribution is 2.20. The highest BCUT2D eigenvalue weighted by atomic mass is 16.5. The van der Waals surface area contributed by atoms with Crippen molar-refractivity contribution in [2.45, 2.75) is 39.8 Å². The van der Waals surface area contributed by atoms with Gasteiger partial charge in [-0.05, 0) is 48.2 Å². The summed E-state index contributed by atoms with van der Waals surface area (Å²) in [6, 6.07) is 15.8. The zero-order valence-electron chi connectivity index (χ0n) is 17.8. The van der Waals surface area contributed by atoms with Crippen molar-refractivity contribution in [1.29, 1.82) is 0 Å². The molecular formula is C24H29N3O2. The molecule has 1 aromatic heterocycles. The Kier molecular flexibility index (Phi) is 6.37. The van der Waals surface area contributed by atoms with Crippen molar-refractivity contribution >= 4 is 5.91 Å². The van der Waals surface area contributed by atoms with Gasteiger partial charge in [-0.25, -0.2) is 0 Å². The molecule has 0 aliphatic carbocycles. The van der Waals surface area contributed by atoms with Crippen LogP contribution in [0.15, 0.2) is 54.7 Å². The second kappa shape index (κ2) is 8.95. The topological polar surface area (TPSA) is 47.4 Å². The lowest BCUT2D eigenvalue weighted by Crippen LogP contribution is -2.26. The van der Waals surface area contributed by atoms with Gasteiger partial charge in [-0.3, -0.25) is 9.48 Å². The maximum atomic E-state index is 12.9. The Morgan fingerprint density at radius 2 is 1.90 bits per heavy atom. The van der Waals surface area contributed by atoms with Crippen LogP contribution < -0.4 is 4.74 Å². The minimum Gasteiger partial charge on any atom is -0.489 e. The van der Waals surface area contributed by atoms with Crippen LogP contribution in [0.3, 0.4) is 0 Å². The average molecular weight is 392 g/mol. The van der Waals surface area contributed by atoms with Gasteiger partial charge < -0.3 is 9.64 Å². The summed E-state index contributed by atoms with van der Waals surface area (Å²) < 4.78 is 7.72. The van der Waals surface area contributed by atoms with Crippen molar-refractivity contribution in [2.24, 2.45) is 7.05 Å². The molecule has 0 aliphatic heterocycles. The van der Waals surface area contributed by atoms with E-state index in [0.717, 1.165) is 22.6 Å². The fourth-order valence-corrected chi connectivity index (χ4v) is 3.16. The highest BCUT2D eigenvalue weighted by molar-refractivity contribution is 5.94. The zero-order chi connectivity index (χ0) is 21.0. The Morgan fingerprint density at radius 3 is 2.52 bits per heavy atom. The smallest absolute Gasteiger partial charge is 0.253 e. The predicted octanol–water partition coefficient (Wildman–Crippen LogP) is 4.70. The standard InChI is InChI=1S/C24H29N3O2/c1-17(2)20-9-11-23(12-10-20)29-16-19-7-6-8-21(13-19)24(28)26(4)15-22-14-25-27(5)18(22)3/h6-14,17H,15-16H2,1-5H3. The predicted molar refractivity (Wildman–Crippen MR) is 115 cm³/mol. The van der Waals surface area contributed by atoms with Crippen LogP contribution >= 0.6 is 0 Å². The van der Waals surface area contributed by atoms with E-state index < -0.39 is 0 Å². The number of carbonyl (C=O) groups excluding carboxylic acids is 1. The lowest BCUT2D eigenvalue weighted by atomic mass is 10.0. The maximum Gasteiger partial charge on any atom is 0.253 e. The van der Waals surface area contributed by atoms with Crippen LogP contribution in [0.4, 0.5) is 0 Å². The summed E-state index contributed by atoms with van der Waals surface area (Å²) in [5.74, 6) is 1.31. The van der Waals surface area contributed by atoms with Crippen molar-refractivity contribution < 1.29 is 9.53 Å². The molecule has 0 saturated heterocycles. The summed E-state index contributed by atoms with van der Waals surface area (Å²) in [7, 11) is 3.72. The minimum absolute atomic E-state index is 0.0172. The molecule has 152 valence electrons. The molecule has 3 rings (SSSR count). The summed E-state index contributed by atoms with van der Waals surface area (Å²) >= 11 is 0. The molecule has 0 atom stereocenters. The lowest BCUT2D eigenvalue weighted by molar-refractivity contribution is 0.0784. The van der Waals surface area contributed by atoms with Crippen molar-refractivity contribution in [3.05, 3.63) is 82.7 Å². The molecule has 0 unspecified atom stereocenters. The molecule has 0 N–H and O–H groups in total. The number of aromatic nitrogens is 2. The second-order valence-electron chi connectivity index (χ2n) is 7.75. The quantitative estimate of drug-likeness (QED) is 0.586. The third-order valence-corrected chi connectivity index (χ3v) is 5.22. The lowest BCUT2D eigenvalue weighted by Gasteiger charge is -2.17. The Labute approximate surface area is 172 Å². The van der Waals surface area contributed by atoms with E-state index in [1.165, 1.54) is 5.56 Å². The third kappa shape index (κ3) is 5.05. The molecular weight excluding hydrogens is 362 g/mol. The van der Waals surface area contributed by atoms with Crippen LogP contribution in [0.2, 0.25) is 0 Å². The minimum atomic E-state index is -0.0172. The molecule has 5 heteroatoms. The molecule has 0 fully saturated rings. The molecule has 5 nitrogen and oxygen atoms in total. The van der Waals surface area contributed by atoms with Crippen LogP contribution in [0.1, 0.15) is 52.5 Å². The number of aryl methyl sites for hydroxylation is 1. The summed E-state index contributed by atoms with van der Waals surface area (Å²) in [5.41, 5.74) is 5.03. The number of carbonyl (C=O) groups is 1. The molecule has 0 radical (unpaired) electrons. The monoisotopic (exact) mass is 391 g/mol. The number of hydrogen-bond acceptors (Lipinski definition) is 3. The molecule has 0 bridgehead atoms. The van der Waals surface area contributed by atoms with Crippen molar-refractivity contribution in [3.8, 4) is 5.75 Å². The first-order chi connectivity index (χ1) is 13.8. The fourth-order valence-electron chi connectivity index (χ4n) is 3.16. The van der Waals surface area contributed by atoms with Crippen molar-refractivity contribution in [1.82, 2.24) is 14.7 Å². The Morgan fingerprint density at radius 1 is 1.17 bits per heavy atom. The van der Waals surface area contributed by atoms with Gasteiger partial charge in [0, 0.05) is 37.5 Å². The van der Waals surface area contributed by atoms with Crippen molar-refractivity contribution in [3.63, 3.8) is 0 Å². The molecule has 1 heterocycles. The van der Waals surface area contributed by atoms with Gasteiger partial charge in [-0.2, -0.15) is 5.10 Å². The molecule has 3 aromatic rings. The molecule has 0 spiro atoms. The van der Waals surface area contributed by atoms with Gasteiger partial charge in [0.15, 0.2) is 0 Å². The first-order valence-corrected chi connectivity index (χ1v) is 9.89. The molecule has 1 amide bonds. The largest absolute Gasteiger partial charge is 0.489 e. The van der Waals surface area contributed by atoms with E-state index in [9.17, 15) is 4.79 Å². The Balaban J connectivity index is 1.63. The molecule has 0 aliphatic rings. The number of rotatable bonds is 7. The Bertz CT molecular complexity index is 974. The van der Waals surface area contributed by atoms with Crippen LogP contribution in [-0.4, -0.2) is 27.6 Å². The summed E-state index contributed by atoms with van der Waals surface area (Å²) in [4.78, 5) is 14.6. The number of amides is 1. The summed E-state index contributed by atoms with van der Waals surface area (Å²) in [6.07, 6.45) is 1.81. The van der Waals surface area contributed by atoms with E-state index in [4.69, 9.17) is 4.74 Å². The average Bonchev–Trinajstić information content (AvgIpc) is 3.04. The second-order valence-corrected chi connectivity index (χ2v) is 7.75. The van der Waals surface area contributed by atoms with E-state index in [-0.39, 0.29) is 5.91 Å². The van der Waals surface area contributed by atoms with Gasteiger partial charge >= 0.3 is 0 Å². The van der Waals surface area contributed by atoms with Crippen LogP contribution in [0, 0.1) is 6.92 Å². The van der Waals surface area contributed by atoms with Crippen LogP contribution in [-0.2, 0) is 20.2 Å². The molecule has 2 aromatic carbocycles. The third-order valence-electron chi connectivity index (χ3n) is 5.22. The first kappa shape index (κ1) is 20.6. The van der Waals surface area contributed by atoms with E-state index in [0.29, 0.717) is 24.6 Å². The van der Waals surface area contributed by atoms with Gasteiger partial charge in [0.25, 0.3) is 5.91 Å².